The van der Waals surface area contributed by atoms with Crippen LogP contribution in [0.2, 0.25) is 0 Å². The number of nitrogens with one attached hydrogen (secondary N) is 2. The Bertz CT molecular complexity index is 1050. The van der Waals surface area contributed by atoms with Crippen LogP contribution in [-0.2, 0) is 14.3 Å². The van der Waals surface area contributed by atoms with Crippen LogP contribution in [0.1, 0.15) is 91.9 Å². The van der Waals surface area contributed by atoms with Crippen molar-refractivity contribution in [2.24, 2.45) is 52.3 Å². The number of carbonyl (C=O) groups is 2. The van der Waals surface area contributed by atoms with Crippen molar-refractivity contribution in [3.05, 3.63) is 0 Å². The van der Waals surface area contributed by atoms with Gasteiger partial charge in [0.25, 0.3) is 0 Å². The zero-order chi connectivity index (χ0) is 29.4. The van der Waals surface area contributed by atoms with Gasteiger partial charge in [-0.3, -0.25) is 14.9 Å². The third-order valence-corrected chi connectivity index (χ3v) is 14.6. The number of amides is 1. The zero-order valence-electron chi connectivity index (χ0n) is 27.1. The molecule has 7 aliphatic rings. The summed E-state index contributed by atoms with van der Waals surface area (Å²) in [5.74, 6) is 4.41. The second-order valence-electron chi connectivity index (χ2n) is 16.6. The number of rotatable bonds is 4. The lowest BCUT2D eigenvalue weighted by atomic mass is 9.44. The Hall–Kier alpha value is -1.02. The number of hydrogen-bond acceptors (Lipinski definition) is 6. The number of Topliss-reactive ketones (excluding diaryl/α,β-unsaturated/α-hetero) is 1. The molecule has 7 rings (SSSR count). The largest absolute Gasteiger partial charge is 0.357 e. The molecule has 3 heterocycles. The second-order valence-corrected chi connectivity index (χ2v) is 16.6. The van der Waals surface area contributed by atoms with Gasteiger partial charge in [-0.05, 0) is 93.4 Å². The monoisotopic (exact) mass is 582 g/mol. The fourth-order valence-electron chi connectivity index (χ4n) is 11.9. The van der Waals surface area contributed by atoms with Gasteiger partial charge in [-0.1, -0.05) is 27.7 Å². The number of carbonyl (C=O) groups excluding carboxylic acids is 2. The van der Waals surface area contributed by atoms with Gasteiger partial charge in [0.15, 0.2) is 0 Å². The molecule has 2 N–H and O–H groups in total. The van der Waals surface area contributed by atoms with E-state index in [1.807, 2.05) is 0 Å². The molecule has 42 heavy (non-hydrogen) atoms. The number of fused-ring (bicyclic) bond motifs is 7. The summed E-state index contributed by atoms with van der Waals surface area (Å²) in [4.78, 5) is 32.1. The maximum absolute atomic E-state index is 14.4. The summed E-state index contributed by atoms with van der Waals surface area (Å²) < 4.78 is 7.00. The van der Waals surface area contributed by atoms with E-state index in [9.17, 15) is 9.59 Å². The van der Waals surface area contributed by atoms with Gasteiger partial charge in [-0.2, -0.15) is 0 Å². The summed E-state index contributed by atoms with van der Waals surface area (Å²) in [5, 5.41) is 7.26. The van der Waals surface area contributed by atoms with E-state index in [2.05, 4.69) is 55.2 Å². The standard InChI is InChI=1S/C35H58N4O3/c1-22-8-12-35(36-21-22)23(2)32-29(42-35)19-28-26-7-6-24-18-25(37-31(41)10-13-39-16-14-38(5)15-17-39)9-11-33(24,3)27(26)20-30(40)34(28,32)4/h22-29,32,36H,6-21H2,1-5H3,(H,37,41)/t22-,23-,24+,25?,26+,27-,28-,29-,32-,33-,34+,35+/m0/s1. The molecule has 7 nitrogen and oxygen atoms in total. The van der Waals surface area contributed by atoms with Crippen LogP contribution in [0.5, 0.6) is 0 Å². The molecule has 3 aliphatic heterocycles. The molecule has 0 aromatic rings. The van der Waals surface area contributed by atoms with Crippen molar-refractivity contribution in [3.8, 4) is 0 Å². The van der Waals surface area contributed by atoms with Crippen LogP contribution >= 0.6 is 0 Å². The van der Waals surface area contributed by atoms with Crippen LogP contribution in [0, 0.1) is 52.3 Å². The number of piperidine rings is 1. The first kappa shape index (κ1) is 29.7. The topological polar surface area (TPSA) is 73.9 Å². The summed E-state index contributed by atoms with van der Waals surface area (Å²) >= 11 is 0. The van der Waals surface area contributed by atoms with Crippen LogP contribution in [0.25, 0.3) is 0 Å². The van der Waals surface area contributed by atoms with Crippen molar-refractivity contribution in [3.63, 3.8) is 0 Å². The zero-order valence-corrected chi connectivity index (χ0v) is 27.1. The Labute approximate surface area is 254 Å². The average Bonchev–Trinajstić information content (AvgIpc) is 3.41. The first-order valence-electron chi connectivity index (χ1n) is 17.7. The van der Waals surface area contributed by atoms with Crippen molar-refractivity contribution in [1.82, 2.24) is 20.4 Å². The molecule has 1 amide bonds. The second kappa shape index (κ2) is 10.8. The predicted molar refractivity (Wildman–Crippen MR) is 165 cm³/mol. The molecule has 7 heteroatoms. The number of hydrogen-bond donors (Lipinski definition) is 2. The summed E-state index contributed by atoms with van der Waals surface area (Å²) in [7, 11) is 2.17. The fourth-order valence-corrected chi connectivity index (χ4v) is 11.9. The van der Waals surface area contributed by atoms with Gasteiger partial charge in [0.05, 0.1) is 6.10 Å². The molecule has 3 saturated heterocycles. The number of likely N-dealkylation sites (N-methyl/N-ethyl adjacent to an activating group) is 1. The molecule has 7 fully saturated rings. The van der Waals surface area contributed by atoms with Crippen LogP contribution < -0.4 is 10.6 Å². The van der Waals surface area contributed by atoms with Crippen molar-refractivity contribution in [2.75, 3.05) is 46.3 Å². The minimum atomic E-state index is -0.238. The van der Waals surface area contributed by atoms with Crippen molar-refractivity contribution in [2.45, 2.75) is 110 Å². The van der Waals surface area contributed by atoms with Gasteiger partial charge < -0.3 is 19.9 Å². The van der Waals surface area contributed by atoms with Crippen molar-refractivity contribution < 1.29 is 14.3 Å². The minimum absolute atomic E-state index is 0.216. The first-order valence-corrected chi connectivity index (χ1v) is 17.7. The highest BCUT2D eigenvalue weighted by atomic mass is 16.5. The van der Waals surface area contributed by atoms with E-state index in [1.54, 1.807) is 0 Å². The molecule has 12 atom stereocenters. The van der Waals surface area contributed by atoms with Gasteiger partial charge >= 0.3 is 0 Å². The maximum atomic E-state index is 14.4. The molecule has 4 saturated carbocycles. The predicted octanol–water partition coefficient (Wildman–Crippen LogP) is 4.31. The fraction of sp³-hybridized carbons (Fsp3) is 0.943. The SMILES string of the molecule is C[C@H]1CC[C@@]2(NC1)O[C@H]1C[C@H]3[C@@H]4CC[C@@H]5CC(NC(=O)CCN6CCN(C)CC6)CC[C@]5(C)[C@H]4CC(=O)[C@]3(C)[C@H]1[C@@H]2C. The Morgan fingerprint density at radius 1 is 1.02 bits per heavy atom. The Kier molecular flexibility index (Phi) is 7.64. The van der Waals surface area contributed by atoms with E-state index in [4.69, 9.17) is 4.74 Å². The normalized spacial score (nSPS) is 51.1. The van der Waals surface area contributed by atoms with Gasteiger partial charge in [-0.15, -0.1) is 0 Å². The van der Waals surface area contributed by atoms with Gasteiger partial charge in [-0.25, -0.2) is 0 Å². The summed E-state index contributed by atoms with van der Waals surface area (Å²) in [6.07, 6.45) is 10.8. The van der Waals surface area contributed by atoms with Crippen LogP contribution in [0.15, 0.2) is 0 Å². The number of ether oxygens (including phenoxy) is 1. The Morgan fingerprint density at radius 3 is 2.55 bits per heavy atom. The van der Waals surface area contributed by atoms with Crippen molar-refractivity contribution >= 4 is 11.7 Å². The lowest BCUT2D eigenvalue weighted by molar-refractivity contribution is -0.160. The maximum Gasteiger partial charge on any atom is 0.221 e. The molecule has 0 aromatic heterocycles. The molecule has 4 aliphatic carbocycles. The molecule has 236 valence electrons. The van der Waals surface area contributed by atoms with E-state index >= 15 is 0 Å². The molecule has 0 bridgehead atoms. The third kappa shape index (κ3) is 4.65. The molecule has 0 radical (unpaired) electrons. The van der Waals surface area contributed by atoms with Gasteiger partial charge in [0.1, 0.15) is 11.5 Å². The third-order valence-electron chi connectivity index (χ3n) is 14.6. The molecule has 1 spiro atoms. The highest BCUT2D eigenvalue weighted by molar-refractivity contribution is 5.87. The first-order chi connectivity index (χ1) is 20.0. The molecular weight excluding hydrogens is 524 g/mol. The number of ketones is 1. The van der Waals surface area contributed by atoms with E-state index in [0.29, 0.717) is 59.7 Å². The molecule has 0 aromatic carbocycles. The van der Waals surface area contributed by atoms with E-state index in [1.165, 1.54) is 19.3 Å². The van der Waals surface area contributed by atoms with Gasteiger partial charge in [0, 0.05) is 75.4 Å². The van der Waals surface area contributed by atoms with E-state index in [0.717, 1.165) is 77.8 Å². The lowest BCUT2D eigenvalue weighted by Crippen LogP contribution is -2.60. The highest BCUT2D eigenvalue weighted by Gasteiger charge is 2.71. The van der Waals surface area contributed by atoms with Crippen LogP contribution in [0.4, 0.5) is 0 Å². The van der Waals surface area contributed by atoms with Crippen LogP contribution in [-0.4, -0.2) is 85.7 Å². The molecule has 1 unspecified atom stereocenters. The van der Waals surface area contributed by atoms with Crippen LogP contribution in [0.3, 0.4) is 0 Å². The number of piperazine rings is 1. The van der Waals surface area contributed by atoms with Crippen molar-refractivity contribution in [1.29, 1.82) is 0 Å². The highest BCUT2D eigenvalue weighted by Crippen LogP contribution is 2.70. The molecular formula is C35H58N4O3. The average molecular weight is 583 g/mol. The quantitative estimate of drug-likeness (QED) is 0.515. The summed E-state index contributed by atoms with van der Waals surface area (Å²) in [5.41, 5.74) is -0.241. The van der Waals surface area contributed by atoms with Gasteiger partial charge in [0.2, 0.25) is 5.91 Å². The number of nitrogens with zero attached hydrogens (tertiary/aromatic N) is 2. The minimum Gasteiger partial charge on any atom is -0.357 e. The van der Waals surface area contributed by atoms with E-state index < -0.39 is 0 Å². The Morgan fingerprint density at radius 2 is 1.81 bits per heavy atom. The summed E-state index contributed by atoms with van der Waals surface area (Å²) in [6, 6.07) is 0.297. The Balaban J connectivity index is 0.991. The lowest BCUT2D eigenvalue weighted by Gasteiger charge is -2.60. The van der Waals surface area contributed by atoms with E-state index in [-0.39, 0.29) is 28.6 Å². The summed E-state index contributed by atoms with van der Waals surface area (Å²) in [6.45, 7) is 15.8. The smallest absolute Gasteiger partial charge is 0.221 e.